The average molecular weight is 418 g/mol. The van der Waals surface area contributed by atoms with Crippen LogP contribution in [0.25, 0.3) is 11.4 Å². The number of nitrogens with zero attached hydrogens (tertiary/aromatic N) is 4. The smallest absolute Gasteiger partial charge is 0.233 e. The summed E-state index contributed by atoms with van der Waals surface area (Å²) >= 11 is 0. The van der Waals surface area contributed by atoms with Crippen LogP contribution in [0.1, 0.15) is 56.0 Å². The van der Waals surface area contributed by atoms with Crippen molar-refractivity contribution in [3.63, 3.8) is 0 Å². The fourth-order valence-electron chi connectivity index (χ4n) is 5.14. The van der Waals surface area contributed by atoms with Crippen molar-refractivity contribution in [2.24, 2.45) is 0 Å². The predicted molar refractivity (Wildman–Crippen MR) is 116 cm³/mol. The number of hydrogen-bond acceptors (Lipinski definition) is 5. The van der Waals surface area contributed by atoms with Gasteiger partial charge in [-0.2, -0.15) is 5.10 Å². The largest absolute Gasteiger partial charge is 0.497 e. The number of ether oxygens (including phenoxy) is 1. The van der Waals surface area contributed by atoms with Crippen molar-refractivity contribution in [2.75, 3.05) is 13.7 Å². The highest BCUT2D eigenvalue weighted by Gasteiger charge is 2.48. The molecule has 0 radical (unpaired) electrons. The maximum Gasteiger partial charge on any atom is 0.233 e. The van der Waals surface area contributed by atoms with Gasteiger partial charge in [0.05, 0.1) is 18.6 Å². The standard InChI is InChI=1S/C24H27N5O2/c1-31-19-8-6-18(7-9-19)24(12-2-3-13-24)23(30)29-16-4-5-20(29)22-26-21(27-28-22)17-10-14-25-15-11-17/h6-11,14-15,20H,2-5,12-13,16H2,1H3,(H,26,27,28)/t20-/m1/s1. The molecule has 2 fully saturated rings. The summed E-state index contributed by atoms with van der Waals surface area (Å²) in [6.07, 6.45) is 9.26. The van der Waals surface area contributed by atoms with Crippen LogP contribution in [-0.4, -0.2) is 44.6 Å². The third-order valence-electron chi connectivity index (χ3n) is 6.78. The van der Waals surface area contributed by atoms with Gasteiger partial charge in [0.2, 0.25) is 5.91 Å². The molecule has 31 heavy (non-hydrogen) atoms. The van der Waals surface area contributed by atoms with Gasteiger partial charge in [0, 0.05) is 24.5 Å². The summed E-state index contributed by atoms with van der Waals surface area (Å²) in [4.78, 5) is 24.8. The first-order valence-electron chi connectivity index (χ1n) is 11.0. The molecule has 1 N–H and O–H groups in total. The first kappa shape index (κ1) is 19.7. The molecule has 3 aromatic rings. The van der Waals surface area contributed by atoms with E-state index in [0.717, 1.165) is 67.8 Å². The van der Waals surface area contributed by atoms with E-state index in [1.165, 1.54) is 0 Å². The number of likely N-dealkylation sites (tertiary alicyclic amines) is 1. The summed E-state index contributed by atoms with van der Waals surface area (Å²) < 4.78 is 5.32. The lowest BCUT2D eigenvalue weighted by Crippen LogP contribution is -2.45. The summed E-state index contributed by atoms with van der Waals surface area (Å²) in [6.45, 7) is 0.757. The van der Waals surface area contributed by atoms with Gasteiger partial charge >= 0.3 is 0 Å². The fraction of sp³-hybridized carbons (Fsp3) is 0.417. The second kappa shape index (κ2) is 8.13. The Kier molecular flexibility index (Phi) is 5.18. The van der Waals surface area contributed by atoms with Crippen molar-refractivity contribution < 1.29 is 9.53 Å². The molecule has 0 bridgehead atoms. The molecule has 7 nitrogen and oxygen atoms in total. The number of amides is 1. The van der Waals surface area contributed by atoms with Crippen LogP contribution in [0.5, 0.6) is 5.75 Å². The van der Waals surface area contributed by atoms with E-state index in [1.807, 2.05) is 29.2 Å². The molecule has 7 heteroatoms. The molecular weight excluding hydrogens is 390 g/mol. The number of benzene rings is 1. The average Bonchev–Trinajstić information content (AvgIpc) is 3.60. The number of H-pyrrole nitrogens is 1. The van der Waals surface area contributed by atoms with E-state index in [-0.39, 0.29) is 11.9 Å². The minimum Gasteiger partial charge on any atom is -0.497 e. The van der Waals surface area contributed by atoms with Crippen LogP contribution < -0.4 is 4.74 Å². The Hall–Kier alpha value is -3.22. The van der Waals surface area contributed by atoms with Crippen molar-refractivity contribution >= 4 is 5.91 Å². The molecule has 1 saturated heterocycles. The summed E-state index contributed by atoms with van der Waals surface area (Å²) in [6, 6.07) is 11.8. The highest BCUT2D eigenvalue weighted by atomic mass is 16.5. The predicted octanol–water partition coefficient (Wildman–Crippen LogP) is 4.05. The first-order valence-corrected chi connectivity index (χ1v) is 11.0. The third kappa shape index (κ3) is 3.48. The van der Waals surface area contributed by atoms with Gasteiger partial charge in [-0.25, -0.2) is 4.98 Å². The quantitative estimate of drug-likeness (QED) is 0.677. The Balaban J connectivity index is 1.44. The van der Waals surface area contributed by atoms with E-state index in [9.17, 15) is 4.79 Å². The van der Waals surface area contributed by atoms with Crippen molar-refractivity contribution in [3.05, 3.63) is 60.2 Å². The zero-order valence-corrected chi connectivity index (χ0v) is 17.8. The molecule has 1 aliphatic heterocycles. The van der Waals surface area contributed by atoms with E-state index >= 15 is 0 Å². The van der Waals surface area contributed by atoms with E-state index < -0.39 is 5.41 Å². The Morgan fingerprint density at radius 3 is 2.55 bits per heavy atom. The van der Waals surface area contributed by atoms with Crippen LogP contribution in [0, 0.1) is 0 Å². The molecule has 0 spiro atoms. The molecule has 3 heterocycles. The topological polar surface area (TPSA) is 84.0 Å². The summed E-state index contributed by atoms with van der Waals surface area (Å²) in [5, 5.41) is 7.50. The number of methoxy groups -OCH3 is 1. The van der Waals surface area contributed by atoms with Crippen LogP contribution in [0.3, 0.4) is 0 Å². The van der Waals surface area contributed by atoms with Crippen molar-refractivity contribution in [1.82, 2.24) is 25.1 Å². The first-order chi connectivity index (χ1) is 15.2. The summed E-state index contributed by atoms with van der Waals surface area (Å²) in [5.41, 5.74) is 1.55. The van der Waals surface area contributed by atoms with Gasteiger partial charge in [0.1, 0.15) is 11.6 Å². The molecule has 2 aromatic heterocycles. The Morgan fingerprint density at radius 2 is 1.84 bits per heavy atom. The number of nitrogens with one attached hydrogen (secondary N) is 1. The fourth-order valence-corrected chi connectivity index (χ4v) is 5.14. The van der Waals surface area contributed by atoms with Crippen LogP contribution >= 0.6 is 0 Å². The highest BCUT2D eigenvalue weighted by Crippen LogP contribution is 2.45. The van der Waals surface area contributed by atoms with Crippen molar-refractivity contribution in [2.45, 2.75) is 50.0 Å². The van der Waals surface area contributed by atoms with Crippen LogP contribution in [-0.2, 0) is 10.2 Å². The second-order valence-electron chi connectivity index (χ2n) is 8.45. The zero-order valence-electron chi connectivity index (χ0n) is 17.8. The lowest BCUT2D eigenvalue weighted by molar-refractivity contribution is -0.138. The Bertz CT molecular complexity index is 1040. The molecule has 1 aliphatic carbocycles. The highest BCUT2D eigenvalue weighted by molar-refractivity contribution is 5.89. The zero-order chi connectivity index (χ0) is 21.3. The molecular formula is C24H27N5O2. The van der Waals surface area contributed by atoms with Crippen LogP contribution in [0.15, 0.2) is 48.8 Å². The number of aromatic nitrogens is 4. The van der Waals surface area contributed by atoms with Gasteiger partial charge in [0.25, 0.3) is 0 Å². The van der Waals surface area contributed by atoms with Gasteiger partial charge < -0.3 is 9.64 Å². The van der Waals surface area contributed by atoms with Gasteiger partial charge in [-0.05, 0) is 55.5 Å². The molecule has 1 aromatic carbocycles. The van der Waals surface area contributed by atoms with E-state index in [4.69, 9.17) is 9.72 Å². The third-order valence-corrected chi connectivity index (χ3v) is 6.78. The molecule has 5 rings (SSSR count). The molecule has 1 saturated carbocycles. The van der Waals surface area contributed by atoms with Gasteiger partial charge in [-0.15, -0.1) is 0 Å². The molecule has 2 aliphatic rings. The number of carbonyl (C=O) groups is 1. The Labute approximate surface area is 181 Å². The summed E-state index contributed by atoms with van der Waals surface area (Å²) in [7, 11) is 1.66. The monoisotopic (exact) mass is 417 g/mol. The van der Waals surface area contributed by atoms with Crippen LogP contribution in [0.2, 0.25) is 0 Å². The van der Waals surface area contributed by atoms with Gasteiger partial charge in [-0.3, -0.25) is 14.9 Å². The normalized spacial score (nSPS) is 20.2. The van der Waals surface area contributed by atoms with Crippen LogP contribution in [0.4, 0.5) is 0 Å². The molecule has 1 amide bonds. The second-order valence-corrected chi connectivity index (χ2v) is 8.45. The maximum atomic E-state index is 14.0. The number of aromatic amines is 1. The Morgan fingerprint density at radius 1 is 1.10 bits per heavy atom. The van der Waals surface area contributed by atoms with Gasteiger partial charge in [0.15, 0.2) is 5.82 Å². The maximum absolute atomic E-state index is 14.0. The lowest BCUT2D eigenvalue weighted by atomic mass is 9.77. The SMILES string of the molecule is COc1ccc(C2(C(=O)N3CCC[C@@H]3c3nc(-c4ccncc4)n[nH]3)CCCC2)cc1. The summed E-state index contributed by atoms with van der Waals surface area (Å²) in [5.74, 6) is 2.44. The molecule has 160 valence electrons. The van der Waals surface area contributed by atoms with E-state index in [0.29, 0.717) is 5.82 Å². The minimum absolute atomic E-state index is 0.0636. The van der Waals surface area contributed by atoms with Crippen molar-refractivity contribution in [3.8, 4) is 17.1 Å². The number of pyridine rings is 1. The van der Waals surface area contributed by atoms with Gasteiger partial charge in [-0.1, -0.05) is 25.0 Å². The molecule has 0 unspecified atom stereocenters. The lowest BCUT2D eigenvalue weighted by Gasteiger charge is -2.35. The number of carbonyl (C=O) groups excluding carboxylic acids is 1. The van der Waals surface area contributed by atoms with E-state index in [2.05, 4.69) is 27.3 Å². The molecule has 1 atom stereocenters. The van der Waals surface area contributed by atoms with E-state index in [1.54, 1.807) is 19.5 Å². The number of hydrogen-bond donors (Lipinski definition) is 1. The van der Waals surface area contributed by atoms with Crippen molar-refractivity contribution in [1.29, 1.82) is 0 Å². The minimum atomic E-state index is -0.456. The number of rotatable bonds is 5.